The molecule has 0 aliphatic carbocycles. The number of pyridine rings is 1. The predicted molar refractivity (Wildman–Crippen MR) is 69.7 cm³/mol. The Bertz CT molecular complexity index is 317. The van der Waals surface area contributed by atoms with Gasteiger partial charge in [-0.05, 0) is 47.3 Å². The summed E-state index contributed by atoms with van der Waals surface area (Å²) in [5.41, 5.74) is 1.19. The van der Waals surface area contributed by atoms with Crippen LogP contribution in [0, 0.1) is 6.92 Å². The Morgan fingerprint density at radius 1 is 1.60 bits per heavy atom. The smallest absolute Gasteiger partial charge is 0.140 e. The van der Waals surface area contributed by atoms with Crippen LogP contribution in [0.25, 0.3) is 0 Å². The molecule has 0 saturated carbocycles. The maximum atomic E-state index is 5.74. The summed E-state index contributed by atoms with van der Waals surface area (Å²) in [7, 11) is 0. The molecule has 1 N–H and O–H groups in total. The second kappa shape index (κ2) is 6.33. The fraction of sp³-hybridized carbons (Fsp3) is 0.545. The van der Waals surface area contributed by atoms with Gasteiger partial charge in [-0.3, -0.25) is 0 Å². The van der Waals surface area contributed by atoms with Crippen LogP contribution in [0.5, 0.6) is 0 Å². The first-order valence-corrected chi connectivity index (χ1v) is 6.45. The van der Waals surface area contributed by atoms with Crippen molar-refractivity contribution in [1.82, 2.24) is 4.98 Å². The number of aromatic nitrogens is 1. The standard InChI is InChI=1S/C11H16BrClN2/c1-3-9(4-6-13)15-11-10(12)8(2)5-7-14-11/h5,7,9H,3-4,6H2,1-2H3,(H,14,15). The van der Waals surface area contributed by atoms with Crippen molar-refractivity contribution in [3.05, 3.63) is 22.3 Å². The number of alkyl halides is 1. The summed E-state index contributed by atoms with van der Waals surface area (Å²) in [6, 6.07) is 2.38. The molecule has 1 unspecified atom stereocenters. The van der Waals surface area contributed by atoms with Gasteiger partial charge in [0.05, 0.1) is 4.47 Å². The molecular formula is C11H16BrClN2. The van der Waals surface area contributed by atoms with Crippen molar-refractivity contribution in [2.75, 3.05) is 11.2 Å². The number of nitrogens with zero attached hydrogens (tertiary/aromatic N) is 1. The third-order valence-corrected chi connectivity index (χ3v) is 3.59. The fourth-order valence-electron chi connectivity index (χ4n) is 1.34. The lowest BCUT2D eigenvalue weighted by molar-refractivity contribution is 0.671. The summed E-state index contributed by atoms with van der Waals surface area (Å²) >= 11 is 9.27. The molecule has 84 valence electrons. The van der Waals surface area contributed by atoms with E-state index in [-0.39, 0.29) is 0 Å². The first-order chi connectivity index (χ1) is 7.19. The minimum Gasteiger partial charge on any atom is -0.366 e. The van der Waals surface area contributed by atoms with E-state index in [1.165, 1.54) is 5.56 Å². The van der Waals surface area contributed by atoms with Crippen LogP contribution in [0.15, 0.2) is 16.7 Å². The molecule has 0 amide bonds. The molecule has 0 bridgehead atoms. The molecule has 1 aromatic heterocycles. The number of aryl methyl sites for hydroxylation is 1. The highest BCUT2D eigenvalue weighted by Crippen LogP contribution is 2.24. The third kappa shape index (κ3) is 3.65. The number of hydrogen-bond donors (Lipinski definition) is 1. The lowest BCUT2D eigenvalue weighted by atomic mass is 10.1. The molecule has 0 fully saturated rings. The third-order valence-electron chi connectivity index (χ3n) is 2.37. The highest BCUT2D eigenvalue weighted by molar-refractivity contribution is 9.10. The van der Waals surface area contributed by atoms with E-state index >= 15 is 0 Å². The van der Waals surface area contributed by atoms with Crippen LogP contribution in [0.2, 0.25) is 0 Å². The molecule has 4 heteroatoms. The summed E-state index contributed by atoms with van der Waals surface area (Å²) in [5, 5.41) is 3.40. The Morgan fingerprint density at radius 2 is 2.33 bits per heavy atom. The van der Waals surface area contributed by atoms with Gasteiger partial charge in [0.1, 0.15) is 5.82 Å². The zero-order chi connectivity index (χ0) is 11.3. The van der Waals surface area contributed by atoms with Gasteiger partial charge in [0, 0.05) is 18.1 Å². The van der Waals surface area contributed by atoms with Gasteiger partial charge >= 0.3 is 0 Å². The number of nitrogens with one attached hydrogen (secondary N) is 1. The summed E-state index contributed by atoms with van der Waals surface area (Å²) in [4.78, 5) is 4.31. The number of rotatable bonds is 5. The average molecular weight is 292 g/mol. The van der Waals surface area contributed by atoms with Gasteiger partial charge < -0.3 is 5.32 Å². The largest absolute Gasteiger partial charge is 0.366 e. The molecule has 0 aliphatic rings. The number of halogens is 2. The summed E-state index contributed by atoms with van der Waals surface area (Å²) in [5.74, 6) is 1.58. The monoisotopic (exact) mass is 290 g/mol. The number of hydrogen-bond acceptors (Lipinski definition) is 2. The van der Waals surface area contributed by atoms with Gasteiger partial charge in [0.15, 0.2) is 0 Å². The van der Waals surface area contributed by atoms with Gasteiger partial charge in [0.25, 0.3) is 0 Å². The van der Waals surface area contributed by atoms with Crippen LogP contribution in [0.3, 0.4) is 0 Å². The van der Waals surface area contributed by atoms with E-state index in [2.05, 4.69) is 40.1 Å². The van der Waals surface area contributed by atoms with Crippen LogP contribution >= 0.6 is 27.5 Å². The van der Waals surface area contributed by atoms with Crippen molar-refractivity contribution >= 4 is 33.3 Å². The Labute approximate surface area is 105 Å². The van der Waals surface area contributed by atoms with Crippen molar-refractivity contribution in [2.24, 2.45) is 0 Å². The van der Waals surface area contributed by atoms with E-state index in [1.807, 2.05) is 12.3 Å². The molecule has 15 heavy (non-hydrogen) atoms. The molecular weight excluding hydrogens is 275 g/mol. The Hall–Kier alpha value is -0.280. The second-order valence-corrected chi connectivity index (χ2v) is 4.69. The second-order valence-electron chi connectivity index (χ2n) is 3.52. The molecule has 0 radical (unpaired) electrons. The molecule has 0 saturated heterocycles. The van der Waals surface area contributed by atoms with Crippen molar-refractivity contribution in [3.63, 3.8) is 0 Å². The fourth-order valence-corrected chi connectivity index (χ4v) is 1.96. The molecule has 0 aliphatic heterocycles. The number of anilines is 1. The van der Waals surface area contributed by atoms with E-state index in [4.69, 9.17) is 11.6 Å². The molecule has 1 heterocycles. The Morgan fingerprint density at radius 3 is 2.93 bits per heavy atom. The van der Waals surface area contributed by atoms with Crippen LogP contribution in [0.4, 0.5) is 5.82 Å². The molecule has 0 spiro atoms. The SMILES string of the molecule is CCC(CCCl)Nc1nccc(C)c1Br. The van der Waals surface area contributed by atoms with E-state index in [9.17, 15) is 0 Å². The van der Waals surface area contributed by atoms with Gasteiger partial charge in [-0.2, -0.15) is 0 Å². The molecule has 2 nitrogen and oxygen atoms in total. The highest BCUT2D eigenvalue weighted by Gasteiger charge is 2.09. The predicted octanol–water partition coefficient (Wildman–Crippen LogP) is 3.97. The minimum atomic E-state index is 0.396. The van der Waals surface area contributed by atoms with Gasteiger partial charge in [0.2, 0.25) is 0 Å². The average Bonchev–Trinajstić information content (AvgIpc) is 2.24. The normalized spacial score (nSPS) is 12.5. The zero-order valence-electron chi connectivity index (χ0n) is 9.06. The van der Waals surface area contributed by atoms with Crippen LogP contribution in [-0.4, -0.2) is 16.9 Å². The van der Waals surface area contributed by atoms with E-state index in [1.54, 1.807) is 0 Å². The summed E-state index contributed by atoms with van der Waals surface area (Å²) < 4.78 is 1.04. The molecule has 1 aromatic rings. The topological polar surface area (TPSA) is 24.9 Å². The highest BCUT2D eigenvalue weighted by atomic mass is 79.9. The van der Waals surface area contributed by atoms with Gasteiger partial charge in [-0.25, -0.2) is 4.98 Å². The van der Waals surface area contributed by atoms with Crippen LogP contribution < -0.4 is 5.32 Å². The van der Waals surface area contributed by atoms with Gasteiger partial charge in [-0.1, -0.05) is 6.92 Å². The zero-order valence-corrected chi connectivity index (χ0v) is 11.4. The molecule has 1 rings (SSSR count). The molecule has 1 atom stereocenters. The summed E-state index contributed by atoms with van der Waals surface area (Å²) in [6.07, 6.45) is 3.82. The minimum absolute atomic E-state index is 0.396. The van der Waals surface area contributed by atoms with E-state index < -0.39 is 0 Å². The quantitative estimate of drug-likeness (QED) is 0.830. The van der Waals surface area contributed by atoms with Crippen molar-refractivity contribution < 1.29 is 0 Å². The maximum absolute atomic E-state index is 5.74. The first kappa shape index (κ1) is 12.8. The van der Waals surface area contributed by atoms with E-state index in [0.29, 0.717) is 11.9 Å². The lowest BCUT2D eigenvalue weighted by Gasteiger charge is -2.17. The molecule has 0 aromatic carbocycles. The Balaban J connectivity index is 2.74. The van der Waals surface area contributed by atoms with E-state index in [0.717, 1.165) is 23.1 Å². The van der Waals surface area contributed by atoms with Gasteiger partial charge in [-0.15, -0.1) is 11.6 Å². The lowest BCUT2D eigenvalue weighted by Crippen LogP contribution is -2.20. The Kier molecular flexibility index (Phi) is 5.40. The van der Waals surface area contributed by atoms with Crippen LogP contribution in [0.1, 0.15) is 25.3 Å². The van der Waals surface area contributed by atoms with Crippen molar-refractivity contribution in [3.8, 4) is 0 Å². The maximum Gasteiger partial charge on any atom is 0.140 e. The first-order valence-electron chi connectivity index (χ1n) is 5.12. The van der Waals surface area contributed by atoms with Crippen LogP contribution in [-0.2, 0) is 0 Å². The summed E-state index contributed by atoms with van der Waals surface area (Å²) in [6.45, 7) is 4.20. The van der Waals surface area contributed by atoms with Crippen molar-refractivity contribution in [2.45, 2.75) is 32.7 Å². The van der Waals surface area contributed by atoms with Crippen molar-refractivity contribution in [1.29, 1.82) is 0 Å².